The van der Waals surface area contributed by atoms with Crippen LogP contribution in [0.2, 0.25) is 0 Å². The zero-order chi connectivity index (χ0) is 32.2. The molecule has 0 unspecified atom stereocenters. The summed E-state index contributed by atoms with van der Waals surface area (Å²) in [7, 11) is 0. The zero-order valence-corrected chi connectivity index (χ0v) is 25.1. The monoisotopic (exact) mass is 617 g/mol. The van der Waals surface area contributed by atoms with Gasteiger partial charge in [-0.25, -0.2) is 17.6 Å². The van der Waals surface area contributed by atoms with Crippen LogP contribution in [0.5, 0.6) is 0 Å². The van der Waals surface area contributed by atoms with Crippen molar-refractivity contribution in [2.24, 2.45) is 0 Å². The number of hydrogen-bond donors (Lipinski definition) is 4. The summed E-state index contributed by atoms with van der Waals surface area (Å²) in [6.45, 7) is 10.5. The van der Waals surface area contributed by atoms with Gasteiger partial charge in [-0.1, -0.05) is 6.58 Å². The second kappa shape index (κ2) is 14.0. The maximum atomic E-state index is 15.4. The van der Waals surface area contributed by atoms with Gasteiger partial charge < -0.3 is 25.0 Å². The van der Waals surface area contributed by atoms with Crippen LogP contribution in [0.25, 0.3) is 5.76 Å². The summed E-state index contributed by atoms with van der Waals surface area (Å²) in [6.07, 6.45) is 5.06. The number of aliphatic hydroxyl groups is 2. The minimum absolute atomic E-state index is 0.114. The second-order valence-corrected chi connectivity index (χ2v) is 12.0. The van der Waals surface area contributed by atoms with E-state index in [4.69, 9.17) is 14.9 Å². The van der Waals surface area contributed by atoms with E-state index in [-0.39, 0.29) is 24.1 Å². The van der Waals surface area contributed by atoms with Gasteiger partial charge in [-0.2, -0.15) is 0 Å². The minimum atomic E-state index is -1.65. The molecule has 2 aromatic carbocycles. The van der Waals surface area contributed by atoms with Crippen LogP contribution in [-0.2, 0) is 15.9 Å². The maximum Gasteiger partial charge on any atom is 0.152 e. The molecule has 2 atom stereocenters. The van der Waals surface area contributed by atoms with Gasteiger partial charge in [0.2, 0.25) is 0 Å². The molecule has 1 saturated carbocycles. The molecule has 2 aliphatic rings. The molecule has 1 aliphatic carbocycles. The minimum Gasteiger partial charge on any atom is -0.506 e. The Morgan fingerprint density at radius 1 is 1.09 bits per heavy atom. The van der Waals surface area contributed by atoms with Crippen molar-refractivity contribution >= 4 is 17.3 Å². The quantitative estimate of drug-likeness (QED) is 0.166. The first kappa shape index (κ1) is 33.2. The molecule has 0 aromatic heterocycles. The van der Waals surface area contributed by atoms with Crippen LogP contribution in [0, 0.1) is 28.7 Å². The Hall–Kier alpha value is -3.67. The Kier molecular flexibility index (Phi) is 10.5. The predicted octanol–water partition coefficient (Wildman–Crippen LogP) is 6.67. The molecular formula is C33H39F4N3O4. The smallest absolute Gasteiger partial charge is 0.152 e. The summed E-state index contributed by atoms with van der Waals surface area (Å²) >= 11 is 0. The van der Waals surface area contributed by atoms with Crippen LogP contribution in [0.4, 0.5) is 23.2 Å². The van der Waals surface area contributed by atoms with Crippen molar-refractivity contribution in [1.82, 2.24) is 5.32 Å². The van der Waals surface area contributed by atoms with Gasteiger partial charge in [0.1, 0.15) is 46.3 Å². The third-order valence-electron chi connectivity index (χ3n) is 7.45. The summed E-state index contributed by atoms with van der Waals surface area (Å²) in [5.74, 6) is -4.95. The summed E-state index contributed by atoms with van der Waals surface area (Å²) < 4.78 is 70.5. The lowest BCUT2D eigenvalue weighted by Crippen LogP contribution is -2.43. The van der Waals surface area contributed by atoms with E-state index in [1.165, 1.54) is 0 Å². The van der Waals surface area contributed by atoms with E-state index in [0.717, 1.165) is 62.1 Å². The number of halogens is 4. The Morgan fingerprint density at radius 2 is 1.75 bits per heavy atom. The standard InChI is InChI=1S/C33H39F4N3O4/c1-19(44-22-7-5-6-8-22)28(18-43-33(2,3)4)39-14-13-20-15-26(36)30(27(37)16-20)40-29(41)12-11-24(32(40)38)31(42)23-10-9-21(34)17-25(23)35/h9-12,15-17,22,28-29,38-39,41-42H,1,5-8,13-14,18H2,2-4H3/t28-,29-/m0/s1. The zero-order valence-electron chi connectivity index (χ0n) is 25.1. The molecule has 0 saturated heterocycles. The van der Waals surface area contributed by atoms with Crippen LogP contribution in [0.1, 0.15) is 57.6 Å². The van der Waals surface area contributed by atoms with Crippen molar-refractivity contribution in [2.75, 3.05) is 18.1 Å². The van der Waals surface area contributed by atoms with E-state index in [0.29, 0.717) is 35.4 Å². The number of amidine groups is 1. The van der Waals surface area contributed by atoms with E-state index in [2.05, 4.69) is 11.9 Å². The van der Waals surface area contributed by atoms with Gasteiger partial charge in [0.15, 0.2) is 6.23 Å². The van der Waals surface area contributed by atoms with Gasteiger partial charge in [-0.15, -0.1) is 0 Å². The summed E-state index contributed by atoms with van der Waals surface area (Å²) in [5, 5.41) is 33.0. The maximum absolute atomic E-state index is 15.4. The van der Waals surface area contributed by atoms with Crippen LogP contribution in [0.15, 0.2) is 60.4 Å². The van der Waals surface area contributed by atoms with Gasteiger partial charge in [0.25, 0.3) is 0 Å². The summed E-state index contributed by atoms with van der Waals surface area (Å²) in [5.41, 5.74) is -1.54. The van der Waals surface area contributed by atoms with Crippen molar-refractivity contribution in [3.05, 3.63) is 94.8 Å². The summed E-state index contributed by atoms with van der Waals surface area (Å²) in [6, 6.07) is 4.31. The fourth-order valence-corrected chi connectivity index (χ4v) is 5.16. The highest BCUT2D eigenvalue weighted by atomic mass is 19.1. The van der Waals surface area contributed by atoms with Crippen LogP contribution in [-0.4, -0.2) is 53.2 Å². The Bertz CT molecular complexity index is 1420. The SMILES string of the molecule is C=C(OC1CCCC1)[C@H](COC(C)(C)C)NCCc1cc(F)c(N2C(=N)C(=C(O)c3ccc(F)cc3F)C=C[C@@H]2O)c(F)c1. The van der Waals surface area contributed by atoms with E-state index in [9.17, 15) is 19.0 Å². The van der Waals surface area contributed by atoms with E-state index in [1.807, 2.05) is 20.8 Å². The van der Waals surface area contributed by atoms with Gasteiger partial charge in [-0.05, 0) is 101 Å². The molecule has 7 nitrogen and oxygen atoms in total. The molecule has 0 spiro atoms. The van der Waals surface area contributed by atoms with Gasteiger partial charge in [0.05, 0.1) is 35.5 Å². The highest BCUT2D eigenvalue weighted by molar-refractivity contribution is 6.14. The number of aliphatic hydroxyl groups excluding tert-OH is 2. The average Bonchev–Trinajstić information content (AvgIpc) is 3.44. The van der Waals surface area contributed by atoms with Crippen LogP contribution >= 0.6 is 0 Å². The third kappa shape index (κ3) is 8.08. The van der Waals surface area contributed by atoms with Crippen molar-refractivity contribution < 1.29 is 37.2 Å². The molecule has 1 heterocycles. The van der Waals surface area contributed by atoms with Crippen LogP contribution in [0.3, 0.4) is 0 Å². The molecule has 4 rings (SSSR count). The molecule has 0 radical (unpaired) electrons. The molecule has 44 heavy (non-hydrogen) atoms. The van der Waals surface area contributed by atoms with Crippen molar-refractivity contribution in [1.29, 1.82) is 5.41 Å². The Morgan fingerprint density at radius 3 is 2.36 bits per heavy atom. The highest BCUT2D eigenvalue weighted by Crippen LogP contribution is 2.33. The molecule has 1 aliphatic heterocycles. The third-order valence-corrected chi connectivity index (χ3v) is 7.45. The van der Waals surface area contributed by atoms with E-state index < -0.39 is 57.9 Å². The topological polar surface area (TPSA) is 98.0 Å². The molecule has 4 N–H and O–H groups in total. The lowest BCUT2D eigenvalue weighted by molar-refractivity contribution is -0.0204. The lowest BCUT2D eigenvalue weighted by atomic mass is 10.0. The molecule has 2 aromatic rings. The number of nitrogens with one attached hydrogen (secondary N) is 2. The lowest BCUT2D eigenvalue weighted by Gasteiger charge is -2.33. The van der Waals surface area contributed by atoms with Crippen molar-refractivity contribution in [3.63, 3.8) is 0 Å². The van der Waals surface area contributed by atoms with Gasteiger partial charge in [0, 0.05) is 6.07 Å². The largest absolute Gasteiger partial charge is 0.506 e. The molecular weight excluding hydrogens is 578 g/mol. The average molecular weight is 618 g/mol. The molecule has 1 fully saturated rings. The first-order chi connectivity index (χ1) is 20.7. The highest BCUT2D eigenvalue weighted by Gasteiger charge is 2.32. The van der Waals surface area contributed by atoms with Crippen LogP contribution < -0.4 is 10.2 Å². The second-order valence-electron chi connectivity index (χ2n) is 12.0. The number of ether oxygens (including phenoxy) is 2. The first-order valence-electron chi connectivity index (χ1n) is 14.6. The van der Waals surface area contributed by atoms with Gasteiger partial charge >= 0.3 is 0 Å². The number of rotatable bonds is 11. The normalized spacial score (nSPS) is 19.4. The Balaban J connectivity index is 1.49. The molecule has 0 bridgehead atoms. The fraction of sp³-hybridized carbons (Fsp3) is 0.424. The number of benzene rings is 2. The molecule has 238 valence electrons. The molecule has 11 heteroatoms. The first-order valence-corrected chi connectivity index (χ1v) is 14.6. The predicted molar refractivity (Wildman–Crippen MR) is 161 cm³/mol. The number of nitrogens with zero attached hydrogens (tertiary/aromatic N) is 1. The fourth-order valence-electron chi connectivity index (χ4n) is 5.16. The Labute approximate surface area is 255 Å². The van der Waals surface area contributed by atoms with E-state index in [1.54, 1.807) is 0 Å². The number of anilines is 1. The van der Waals surface area contributed by atoms with Crippen molar-refractivity contribution in [2.45, 2.75) is 76.9 Å². The van der Waals surface area contributed by atoms with E-state index >= 15 is 8.78 Å². The summed E-state index contributed by atoms with van der Waals surface area (Å²) in [4.78, 5) is 0.643. The number of hydrogen-bond acceptors (Lipinski definition) is 6. The molecule has 0 amide bonds. The van der Waals surface area contributed by atoms with Gasteiger partial charge in [-0.3, -0.25) is 10.3 Å². The van der Waals surface area contributed by atoms with Crippen molar-refractivity contribution in [3.8, 4) is 0 Å².